The van der Waals surface area contributed by atoms with Crippen molar-refractivity contribution in [2.75, 3.05) is 13.2 Å². The van der Waals surface area contributed by atoms with Gasteiger partial charge in [0.25, 0.3) is 0 Å². The number of amides is 1. The molecule has 0 spiro atoms. The zero-order chi connectivity index (χ0) is 58.5. The van der Waals surface area contributed by atoms with Crippen LogP contribution in [-0.2, 0) is 14.3 Å². The van der Waals surface area contributed by atoms with Crippen LogP contribution in [0, 0.1) is 0 Å². The van der Waals surface area contributed by atoms with Gasteiger partial charge in [0.05, 0.1) is 25.4 Å². The number of esters is 1. The summed E-state index contributed by atoms with van der Waals surface area (Å²) in [4.78, 5) is 24.6. The highest BCUT2D eigenvalue weighted by Crippen LogP contribution is 2.20. The Morgan fingerprint density at radius 1 is 0.333 bits per heavy atom. The summed E-state index contributed by atoms with van der Waals surface area (Å²) >= 11 is 0. The monoisotopic (exact) mass is 1140 g/mol. The van der Waals surface area contributed by atoms with Crippen LogP contribution in [0.2, 0.25) is 0 Å². The predicted octanol–water partition coefficient (Wildman–Crippen LogP) is 24.3. The zero-order valence-electron chi connectivity index (χ0n) is 55.3. The van der Waals surface area contributed by atoms with Crippen molar-refractivity contribution in [3.8, 4) is 0 Å². The van der Waals surface area contributed by atoms with Gasteiger partial charge < -0.3 is 20.3 Å². The molecular weight excluding hydrogens is 995 g/mol. The molecule has 0 aliphatic rings. The highest BCUT2D eigenvalue weighted by molar-refractivity contribution is 5.76. The summed E-state index contributed by atoms with van der Waals surface area (Å²) in [5.41, 5.74) is 0. The number of ether oxygens (including phenoxy) is 1. The van der Waals surface area contributed by atoms with Gasteiger partial charge in [0.1, 0.15) is 0 Å². The highest BCUT2D eigenvalue weighted by atomic mass is 16.5. The number of aliphatic hydroxyl groups excluding tert-OH is 2. The fraction of sp³-hybridized carbons (Fsp3) is 0.947. The molecule has 3 N–H and O–H groups in total. The molecule has 482 valence electrons. The maximum atomic E-state index is 12.5. The van der Waals surface area contributed by atoms with Gasteiger partial charge in [0.2, 0.25) is 5.91 Å². The predicted molar refractivity (Wildman–Crippen MR) is 357 cm³/mol. The molecule has 0 saturated heterocycles. The van der Waals surface area contributed by atoms with Crippen LogP contribution >= 0.6 is 0 Å². The minimum Gasteiger partial charge on any atom is -0.466 e. The lowest BCUT2D eigenvalue weighted by atomic mass is 10.0. The second-order valence-corrected chi connectivity index (χ2v) is 26.0. The standard InChI is InChI=1S/C75H147NO5/c1-3-5-7-9-11-13-15-17-19-20-37-41-45-49-53-57-61-65-69-75(80)81-70-66-62-58-54-50-46-42-38-35-33-31-29-27-25-23-21-22-24-26-28-30-32-34-36-40-44-48-52-56-60-64-68-74(79)76-72(71-77)73(78)67-63-59-55-51-47-43-39-18-16-14-12-10-8-6-4-2/h19-20,72-73,77-78H,3-18,21-71H2,1-2H3,(H,76,79)/b20-19-. The molecule has 0 saturated carbocycles. The summed E-state index contributed by atoms with van der Waals surface area (Å²) < 4.78 is 5.51. The topological polar surface area (TPSA) is 95.9 Å². The molecular formula is C75H147NO5. The zero-order valence-corrected chi connectivity index (χ0v) is 55.3. The van der Waals surface area contributed by atoms with Gasteiger partial charge in [0, 0.05) is 12.8 Å². The number of carbonyl (C=O) groups is 2. The minimum atomic E-state index is -0.660. The average molecular weight is 1140 g/mol. The SMILES string of the molecule is CCCCCCCCC/C=C\CCCCCCCCCC(=O)OCCCCCCCCCCCCCCCCCCCCCCCCCCCCCCCCCC(=O)NC(CO)C(O)CCCCCCCCCCCCCCCCC. The van der Waals surface area contributed by atoms with E-state index in [1.807, 2.05) is 0 Å². The van der Waals surface area contributed by atoms with Crippen molar-refractivity contribution in [3.05, 3.63) is 12.2 Å². The van der Waals surface area contributed by atoms with Gasteiger partial charge in [0.15, 0.2) is 0 Å². The first kappa shape index (κ1) is 79.6. The van der Waals surface area contributed by atoms with E-state index < -0.39 is 12.1 Å². The van der Waals surface area contributed by atoms with Crippen LogP contribution < -0.4 is 5.32 Å². The van der Waals surface area contributed by atoms with Crippen molar-refractivity contribution < 1.29 is 24.5 Å². The summed E-state index contributed by atoms with van der Waals surface area (Å²) in [5, 5.41) is 23.3. The summed E-state index contributed by atoms with van der Waals surface area (Å²) in [6.07, 6.45) is 88.6. The second kappa shape index (κ2) is 71.1. The fourth-order valence-electron chi connectivity index (χ4n) is 12.1. The smallest absolute Gasteiger partial charge is 0.305 e. The number of nitrogens with one attached hydrogen (secondary N) is 1. The van der Waals surface area contributed by atoms with Gasteiger partial charge in [-0.2, -0.15) is 0 Å². The normalized spacial score (nSPS) is 12.5. The number of aliphatic hydroxyl groups is 2. The molecule has 0 rings (SSSR count). The van der Waals surface area contributed by atoms with Crippen molar-refractivity contribution in [3.63, 3.8) is 0 Å². The lowest BCUT2D eigenvalue weighted by Crippen LogP contribution is -2.45. The van der Waals surface area contributed by atoms with Gasteiger partial charge in [-0.25, -0.2) is 0 Å². The number of hydrogen-bond acceptors (Lipinski definition) is 5. The van der Waals surface area contributed by atoms with Crippen LogP contribution in [0.3, 0.4) is 0 Å². The molecule has 0 aliphatic heterocycles. The number of hydrogen-bond donors (Lipinski definition) is 3. The van der Waals surface area contributed by atoms with Crippen LogP contribution in [-0.4, -0.2) is 47.4 Å². The van der Waals surface area contributed by atoms with Gasteiger partial charge in [-0.15, -0.1) is 0 Å². The average Bonchev–Trinajstić information content (AvgIpc) is 3.47. The second-order valence-electron chi connectivity index (χ2n) is 26.0. The molecule has 0 heterocycles. The number of carbonyl (C=O) groups excluding carboxylic acids is 2. The summed E-state index contributed by atoms with van der Waals surface area (Å²) in [6.45, 7) is 5.00. The summed E-state index contributed by atoms with van der Waals surface area (Å²) in [5.74, 6) is -0.00824. The number of rotatable bonds is 71. The van der Waals surface area contributed by atoms with Crippen molar-refractivity contribution >= 4 is 11.9 Å². The van der Waals surface area contributed by atoms with Crippen LogP contribution in [0.5, 0.6) is 0 Å². The van der Waals surface area contributed by atoms with Gasteiger partial charge in [-0.3, -0.25) is 9.59 Å². The number of unbranched alkanes of at least 4 members (excludes halogenated alkanes) is 58. The summed E-state index contributed by atoms with van der Waals surface area (Å²) in [6, 6.07) is -0.537. The molecule has 2 atom stereocenters. The molecule has 6 nitrogen and oxygen atoms in total. The first-order valence-corrected chi connectivity index (χ1v) is 37.4. The largest absolute Gasteiger partial charge is 0.466 e. The Morgan fingerprint density at radius 3 is 0.877 bits per heavy atom. The van der Waals surface area contributed by atoms with Gasteiger partial charge in [-0.05, 0) is 51.4 Å². The molecule has 6 heteroatoms. The van der Waals surface area contributed by atoms with E-state index in [-0.39, 0.29) is 18.5 Å². The van der Waals surface area contributed by atoms with E-state index >= 15 is 0 Å². The Bertz CT molecular complexity index is 1220. The van der Waals surface area contributed by atoms with Crippen LogP contribution in [0.1, 0.15) is 431 Å². The Kier molecular flexibility index (Phi) is 69.9. The van der Waals surface area contributed by atoms with Crippen molar-refractivity contribution in [2.45, 2.75) is 443 Å². The molecule has 0 aromatic carbocycles. The van der Waals surface area contributed by atoms with E-state index in [2.05, 4.69) is 31.3 Å². The van der Waals surface area contributed by atoms with Crippen molar-refractivity contribution in [1.29, 1.82) is 0 Å². The van der Waals surface area contributed by atoms with E-state index in [9.17, 15) is 19.8 Å². The first-order valence-electron chi connectivity index (χ1n) is 37.4. The van der Waals surface area contributed by atoms with Crippen LogP contribution in [0.15, 0.2) is 12.2 Å². The Labute approximate surface area is 508 Å². The number of allylic oxidation sites excluding steroid dienone is 2. The Hall–Kier alpha value is -1.40. The highest BCUT2D eigenvalue weighted by Gasteiger charge is 2.20. The molecule has 0 aliphatic carbocycles. The molecule has 0 bridgehead atoms. The van der Waals surface area contributed by atoms with E-state index in [1.165, 1.54) is 360 Å². The molecule has 0 aromatic rings. The van der Waals surface area contributed by atoms with Gasteiger partial charge >= 0.3 is 5.97 Å². The van der Waals surface area contributed by atoms with Crippen molar-refractivity contribution in [1.82, 2.24) is 5.32 Å². The molecule has 0 aromatic heterocycles. The van der Waals surface area contributed by atoms with Crippen LogP contribution in [0.25, 0.3) is 0 Å². The lowest BCUT2D eigenvalue weighted by molar-refractivity contribution is -0.143. The fourth-order valence-corrected chi connectivity index (χ4v) is 12.1. The van der Waals surface area contributed by atoms with E-state index in [0.29, 0.717) is 25.9 Å². The van der Waals surface area contributed by atoms with E-state index in [0.717, 1.165) is 38.5 Å². The quantitative estimate of drug-likeness (QED) is 0.0320. The Morgan fingerprint density at radius 2 is 0.580 bits per heavy atom. The maximum Gasteiger partial charge on any atom is 0.305 e. The minimum absolute atomic E-state index is 0.0189. The molecule has 0 fully saturated rings. The van der Waals surface area contributed by atoms with Crippen molar-refractivity contribution in [2.24, 2.45) is 0 Å². The third-order valence-electron chi connectivity index (χ3n) is 17.8. The third kappa shape index (κ3) is 67.6. The molecule has 0 radical (unpaired) electrons. The van der Waals surface area contributed by atoms with E-state index in [1.54, 1.807) is 0 Å². The first-order chi connectivity index (χ1) is 40.0. The lowest BCUT2D eigenvalue weighted by Gasteiger charge is -2.22. The summed E-state index contributed by atoms with van der Waals surface area (Å²) in [7, 11) is 0. The van der Waals surface area contributed by atoms with Crippen LogP contribution in [0.4, 0.5) is 0 Å². The Balaban J connectivity index is 3.30. The molecule has 2 unspecified atom stereocenters. The molecule has 1 amide bonds. The third-order valence-corrected chi connectivity index (χ3v) is 17.8. The maximum absolute atomic E-state index is 12.5. The van der Waals surface area contributed by atoms with E-state index in [4.69, 9.17) is 4.74 Å². The molecule has 81 heavy (non-hydrogen) atoms. The van der Waals surface area contributed by atoms with Gasteiger partial charge in [-0.1, -0.05) is 379 Å².